The maximum absolute atomic E-state index is 14.0. The largest absolute Gasteiger partial charge is 0.496 e. The van der Waals surface area contributed by atoms with Gasteiger partial charge in [-0.25, -0.2) is 8.78 Å². The number of halogens is 2. The standard InChI is InChI=1S/C27H24F2N4O2/c1-32-26(15-9-17(28)12-18(29)10-15)21-13-19-5-3-7-23(25(21)31-32)33(19)27(34)16-11-20-22(30-14-16)6-4-8-24(20)35-2/h4,6,8-12,14,19,23H,3,5,7,13H2,1-2H3. The SMILES string of the molecule is COc1cccc2ncc(C(=O)N3C4CCCC3c3nn(C)c(-c5cc(F)cc(F)c5)c3C4)cc12. The van der Waals surface area contributed by atoms with Gasteiger partial charge in [0.1, 0.15) is 17.4 Å². The summed E-state index contributed by atoms with van der Waals surface area (Å²) in [5.41, 5.74) is 4.21. The molecule has 178 valence electrons. The van der Waals surface area contributed by atoms with Gasteiger partial charge in [0.25, 0.3) is 5.91 Å². The topological polar surface area (TPSA) is 60.2 Å². The Morgan fingerprint density at radius 1 is 1.11 bits per heavy atom. The minimum absolute atomic E-state index is 0.0246. The van der Waals surface area contributed by atoms with Crippen LogP contribution in [0.25, 0.3) is 22.2 Å². The number of aryl methyl sites for hydroxylation is 1. The molecule has 0 aliphatic carbocycles. The van der Waals surface area contributed by atoms with E-state index >= 15 is 0 Å². The number of carbonyl (C=O) groups is 1. The molecule has 2 bridgehead atoms. The van der Waals surface area contributed by atoms with E-state index in [0.717, 1.165) is 47.5 Å². The molecule has 0 saturated carbocycles. The number of benzene rings is 2. The monoisotopic (exact) mass is 474 g/mol. The molecule has 0 spiro atoms. The van der Waals surface area contributed by atoms with Crippen molar-refractivity contribution in [1.82, 2.24) is 19.7 Å². The Kier molecular flexibility index (Phi) is 5.05. The van der Waals surface area contributed by atoms with Gasteiger partial charge in [0.2, 0.25) is 0 Å². The van der Waals surface area contributed by atoms with Crippen LogP contribution >= 0.6 is 0 Å². The minimum atomic E-state index is -0.623. The van der Waals surface area contributed by atoms with Gasteiger partial charge in [-0.05, 0) is 56.0 Å². The number of hydrogen-bond acceptors (Lipinski definition) is 4. The zero-order valence-corrected chi connectivity index (χ0v) is 19.5. The molecule has 35 heavy (non-hydrogen) atoms. The van der Waals surface area contributed by atoms with E-state index in [1.165, 1.54) is 12.1 Å². The molecule has 4 aromatic rings. The van der Waals surface area contributed by atoms with E-state index in [4.69, 9.17) is 9.84 Å². The second kappa shape index (κ2) is 8.15. The highest BCUT2D eigenvalue weighted by Crippen LogP contribution is 2.45. The summed E-state index contributed by atoms with van der Waals surface area (Å²) in [5, 5.41) is 5.54. The fourth-order valence-electron chi connectivity index (χ4n) is 5.77. The number of amides is 1. The van der Waals surface area contributed by atoms with Crippen LogP contribution in [0.3, 0.4) is 0 Å². The van der Waals surface area contributed by atoms with Crippen molar-refractivity contribution < 1.29 is 18.3 Å². The van der Waals surface area contributed by atoms with Crippen LogP contribution in [-0.2, 0) is 13.5 Å². The highest BCUT2D eigenvalue weighted by molar-refractivity contribution is 5.99. The maximum Gasteiger partial charge on any atom is 0.256 e. The number of carbonyl (C=O) groups excluding carboxylic acids is 1. The van der Waals surface area contributed by atoms with Crippen molar-refractivity contribution in [2.24, 2.45) is 7.05 Å². The van der Waals surface area contributed by atoms with Crippen LogP contribution in [0.2, 0.25) is 0 Å². The van der Waals surface area contributed by atoms with Crippen molar-refractivity contribution in [1.29, 1.82) is 0 Å². The van der Waals surface area contributed by atoms with E-state index in [1.54, 1.807) is 25.0 Å². The van der Waals surface area contributed by atoms with E-state index in [-0.39, 0.29) is 18.0 Å². The molecular weight excluding hydrogens is 450 g/mol. The third kappa shape index (κ3) is 3.47. The number of pyridine rings is 1. The number of methoxy groups -OCH3 is 1. The summed E-state index contributed by atoms with van der Waals surface area (Å²) >= 11 is 0. The maximum atomic E-state index is 14.0. The van der Waals surface area contributed by atoms with Crippen molar-refractivity contribution >= 4 is 16.8 Å². The Bertz CT molecular complexity index is 1460. The van der Waals surface area contributed by atoms with Crippen LogP contribution < -0.4 is 4.74 Å². The van der Waals surface area contributed by atoms with Crippen LogP contribution in [0, 0.1) is 11.6 Å². The molecule has 2 atom stereocenters. The number of fused-ring (bicyclic) bond motifs is 5. The summed E-state index contributed by atoms with van der Waals surface area (Å²) in [7, 11) is 3.38. The van der Waals surface area contributed by atoms with Crippen LogP contribution in [0.4, 0.5) is 8.78 Å². The molecule has 6 rings (SSSR count). The fraction of sp³-hybridized carbons (Fsp3) is 0.296. The van der Waals surface area contributed by atoms with Crippen LogP contribution in [0.15, 0.2) is 48.7 Å². The third-order valence-electron chi connectivity index (χ3n) is 7.20. The van der Waals surface area contributed by atoms with Crippen molar-refractivity contribution in [2.45, 2.75) is 37.8 Å². The number of rotatable bonds is 3. The second-order valence-electron chi connectivity index (χ2n) is 9.26. The molecule has 0 N–H and O–H groups in total. The molecular formula is C27H24F2N4O2. The second-order valence-corrected chi connectivity index (χ2v) is 9.26. The Morgan fingerprint density at radius 2 is 1.91 bits per heavy atom. The summed E-state index contributed by atoms with van der Waals surface area (Å²) in [4.78, 5) is 20.3. The average Bonchev–Trinajstić information content (AvgIpc) is 3.17. The summed E-state index contributed by atoms with van der Waals surface area (Å²) in [6.45, 7) is 0. The number of nitrogens with zero attached hydrogens (tertiary/aromatic N) is 4. The van der Waals surface area contributed by atoms with Gasteiger partial charge in [-0.1, -0.05) is 6.07 Å². The molecule has 2 aliphatic rings. The first kappa shape index (κ1) is 21.7. The molecule has 1 saturated heterocycles. The lowest BCUT2D eigenvalue weighted by Crippen LogP contribution is -2.49. The van der Waals surface area contributed by atoms with Gasteiger partial charge in [-0.2, -0.15) is 5.10 Å². The lowest BCUT2D eigenvalue weighted by Gasteiger charge is -2.45. The van der Waals surface area contributed by atoms with Crippen molar-refractivity contribution in [3.63, 3.8) is 0 Å². The quantitative estimate of drug-likeness (QED) is 0.409. The Morgan fingerprint density at radius 3 is 2.69 bits per heavy atom. The molecule has 2 aliphatic heterocycles. The number of ether oxygens (including phenoxy) is 1. The normalized spacial score (nSPS) is 19.0. The highest BCUT2D eigenvalue weighted by atomic mass is 19.1. The van der Waals surface area contributed by atoms with E-state index in [1.807, 2.05) is 29.2 Å². The molecule has 0 radical (unpaired) electrons. The lowest BCUT2D eigenvalue weighted by molar-refractivity contribution is 0.0391. The first-order valence-corrected chi connectivity index (χ1v) is 11.7. The number of piperidine rings is 1. The van der Waals surface area contributed by atoms with E-state index in [0.29, 0.717) is 29.0 Å². The first-order valence-electron chi connectivity index (χ1n) is 11.7. The number of aromatic nitrogens is 3. The lowest BCUT2D eigenvalue weighted by atomic mass is 9.81. The molecule has 6 nitrogen and oxygen atoms in total. The van der Waals surface area contributed by atoms with Gasteiger partial charge in [-0.3, -0.25) is 14.5 Å². The van der Waals surface area contributed by atoms with Gasteiger partial charge >= 0.3 is 0 Å². The molecule has 2 aromatic heterocycles. The first-order chi connectivity index (χ1) is 16.9. The molecule has 1 amide bonds. The highest BCUT2D eigenvalue weighted by Gasteiger charge is 2.43. The van der Waals surface area contributed by atoms with Crippen LogP contribution in [0.1, 0.15) is 46.9 Å². The fourth-order valence-corrected chi connectivity index (χ4v) is 5.77. The zero-order chi connectivity index (χ0) is 24.3. The number of hydrogen-bond donors (Lipinski definition) is 0. The summed E-state index contributed by atoms with van der Waals surface area (Å²) < 4.78 is 35.2. The van der Waals surface area contributed by atoms with Gasteiger partial charge in [0.15, 0.2) is 0 Å². The van der Waals surface area contributed by atoms with E-state index < -0.39 is 11.6 Å². The predicted octanol–water partition coefficient (Wildman–Crippen LogP) is 5.21. The molecule has 2 unspecified atom stereocenters. The van der Waals surface area contributed by atoms with Gasteiger partial charge < -0.3 is 9.64 Å². The van der Waals surface area contributed by atoms with Crippen molar-refractivity contribution in [3.8, 4) is 17.0 Å². The molecule has 8 heteroatoms. The zero-order valence-electron chi connectivity index (χ0n) is 19.5. The predicted molar refractivity (Wildman–Crippen MR) is 127 cm³/mol. The van der Waals surface area contributed by atoms with Gasteiger partial charge in [-0.15, -0.1) is 0 Å². The van der Waals surface area contributed by atoms with Crippen molar-refractivity contribution in [2.75, 3.05) is 7.11 Å². The Labute approximate surface area is 201 Å². The third-order valence-corrected chi connectivity index (χ3v) is 7.20. The van der Waals surface area contributed by atoms with Crippen molar-refractivity contribution in [3.05, 3.63) is 77.1 Å². The molecule has 4 heterocycles. The molecule has 2 aromatic carbocycles. The minimum Gasteiger partial charge on any atom is -0.496 e. The molecule has 1 fully saturated rings. The van der Waals surface area contributed by atoms with Crippen LogP contribution in [-0.4, -0.2) is 38.7 Å². The Hall–Kier alpha value is -3.81. The van der Waals surface area contributed by atoms with E-state index in [9.17, 15) is 13.6 Å². The summed E-state index contributed by atoms with van der Waals surface area (Å²) in [6.07, 6.45) is 4.84. The van der Waals surface area contributed by atoms with Crippen LogP contribution in [0.5, 0.6) is 5.75 Å². The van der Waals surface area contributed by atoms with Gasteiger partial charge in [0, 0.05) is 41.9 Å². The summed E-state index contributed by atoms with van der Waals surface area (Å²) in [6, 6.07) is 10.8. The summed E-state index contributed by atoms with van der Waals surface area (Å²) in [5.74, 6) is -0.666. The Balaban J connectivity index is 1.42. The van der Waals surface area contributed by atoms with Gasteiger partial charge in [0.05, 0.1) is 35.6 Å². The van der Waals surface area contributed by atoms with E-state index in [2.05, 4.69) is 4.98 Å². The average molecular weight is 475 g/mol. The smallest absolute Gasteiger partial charge is 0.256 e.